The number of rotatable bonds is 3. The van der Waals surface area contributed by atoms with Gasteiger partial charge in [0.2, 0.25) is 0 Å². The van der Waals surface area contributed by atoms with Crippen LogP contribution in [0.2, 0.25) is 0 Å². The molecule has 0 aromatic heterocycles. The maximum atomic E-state index is 13.0. The highest BCUT2D eigenvalue weighted by atomic mass is 79.9. The molecule has 92 valence electrons. The van der Waals surface area contributed by atoms with Gasteiger partial charge in [0.25, 0.3) is 0 Å². The first-order chi connectivity index (χ1) is 8.56. The lowest BCUT2D eigenvalue weighted by molar-refractivity contribution is 0.0697. The fraction of sp³-hybridized carbons (Fsp3) is 0. The van der Waals surface area contributed by atoms with Crippen LogP contribution >= 0.6 is 15.9 Å². The van der Waals surface area contributed by atoms with Gasteiger partial charge in [-0.15, -0.1) is 0 Å². The van der Waals surface area contributed by atoms with E-state index in [4.69, 9.17) is 5.11 Å². The van der Waals surface area contributed by atoms with Crippen molar-refractivity contribution in [2.75, 3.05) is 5.32 Å². The smallest absolute Gasteiger partial charge is 0.335 e. The second kappa shape index (κ2) is 5.18. The fourth-order valence-corrected chi connectivity index (χ4v) is 1.82. The van der Waals surface area contributed by atoms with Crippen LogP contribution < -0.4 is 5.32 Å². The summed E-state index contributed by atoms with van der Waals surface area (Å²) in [7, 11) is 0. The maximum Gasteiger partial charge on any atom is 0.335 e. The number of aromatic carboxylic acids is 1. The van der Waals surface area contributed by atoms with Gasteiger partial charge in [0, 0.05) is 11.4 Å². The summed E-state index contributed by atoms with van der Waals surface area (Å²) >= 11 is 3.10. The van der Waals surface area contributed by atoms with Crippen molar-refractivity contribution >= 4 is 33.3 Å². The number of nitrogens with one attached hydrogen (secondary N) is 1. The molecule has 0 fully saturated rings. The van der Waals surface area contributed by atoms with E-state index in [0.29, 0.717) is 10.2 Å². The Morgan fingerprint density at radius 3 is 2.28 bits per heavy atom. The average Bonchev–Trinajstić information content (AvgIpc) is 2.34. The van der Waals surface area contributed by atoms with Crippen molar-refractivity contribution < 1.29 is 14.3 Å². The molecule has 0 heterocycles. The molecule has 5 heteroatoms. The van der Waals surface area contributed by atoms with E-state index in [0.717, 1.165) is 5.69 Å². The van der Waals surface area contributed by atoms with Crippen molar-refractivity contribution in [2.45, 2.75) is 0 Å². The van der Waals surface area contributed by atoms with Gasteiger partial charge in [-0.25, -0.2) is 9.18 Å². The van der Waals surface area contributed by atoms with Gasteiger partial charge in [-0.2, -0.15) is 0 Å². The molecule has 18 heavy (non-hydrogen) atoms. The standard InChI is InChI=1S/C13H9BrFNO2/c14-11-7-10(5-6-12(11)15)16-9-3-1-8(2-4-9)13(17)18/h1-7,16H,(H,17,18). The van der Waals surface area contributed by atoms with Crippen LogP contribution in [0.3, 0.4) is 0 Å². The van der Waals surface area contributed by atoms with Crippen LogP contribution in [0, 0.1) is 5.82 Å². The van der Waals surface area contributed by atoms with Gasteiger partial charge in [-0.3, -0.25) is 0 Å². The van der Waals surface area contributed by atoms with Crippen LogP contribution in [0.15, 0.2) is 46.9 Å². The van der Waals surface area contributed by atoms with E-state index in [1.165, 1.54) is 18.2 Å². The lowest BCUT2D eigenvalue weighted by Crippen LogP contribution is -1.96. The summed E-state index contributed by atoms with van der Waals surface area (Å²) in [6, 6.07) is 10.9. The Morgan fingerprint density at radius 2 is 1.72 bits per heavy atom. The monoisotopic (exact) mass is 309 g/mol. The van der Waals surface area contributed by atoms with E-state index in [-0.39, 0.29) is 11.4 Å². The molecule has 0 atom stereocenters. The first-order valence-electron chi connectivity index (χ1n) is 5.12. The molecule has 2 aromatic rings. The van der Waals surface area contributed by atoms with E-state index in [2.05, 4.69) is 21.2 Å². The number of hydrogen-bond acceptors (Lipinski definition) is 2. The predicted octanol–water partition coefficient (Wildman–Crippen LogP) is 4.03. The quantitative estimate of drug-likeness (QED) is 0.900. The van der Waals surface area contributed by atoms with Gasteiger partial charge < -0.3 is 10.4 Å². The molecule has 2 aromatic carbocycles. The second-order valence-corrected chi connectivity index (χ2v) is 4.49. The van der Waals surface area contributed by atoms with Crippen LogP contribution in [0.4, 0.5) is 15.8 Å². The molecule has 0 aliphatic heterocycles. The molecule has 3 nitrogen and oxygen atoms in total. The van der Waals surface area contributed by atoms with Gasteiger partial charge >= 0.3 is 5.97 Å². The van der Waals surface area contributed by atoms with Crippen molar-refractivity contribution in [1.29, 1.82) is 0 Å². The minimum atomic E-state index is -0.967. The number of carboxylic acids is 1. The zero-order valence-corrected chi connectivity index (χ0v) is 10.7. The molecule has 0 aliphatic rings. The molecule has 0 radical (unpaired) electrons. The van der Waals surface area contributed by atoms with E-state index in [1.54, 1.807) is 24.3 Å². The first kappa shape index (κ1) is 12.6. The van der Waals surface area contributed by atoms with E-state index in [1.807, 2.05) is 0 Å². The normalized spacial score (nSPS) is 10.1. The molecule has 0 saturated carbocycles. The first-order valence-corrected chi connectivity index (χ1v) is 5.91. The third kappa shape index (κ3) is 2.87. The molecule has 0 aliphatic carbocycles. The number of hydrogen-bond donors (Lipinski definition) is 2. The predicted molar refractivity (Wildman–Crippen MR) is 70.8 cm³/mol. The maximum absolute atomic E-state index is 13.0. The van der Waals surface area contributed by atoms with Crippen LogP contribution in [0.25, 0.3) is 0 Å². The Kier molecular flexibility index (Phi) is 3.62. The molecule has 0 bridgehead atoms. The van der Waals surface area contributed by atoms with Crippen molar-refractivity contribution in [3.05, 3.63) is 58.3 Å². The van der Waals surface area contributed by atoms with Crippen LogP contribution in [0.1, 0.15) is 10.4 Å². The molecule has 0 saturated heterocycles. The summed E-state index contributed by atoms with van der Waals surface area (Å²) in [5.41, 5.74) is 1.67. The van der Waals surface area contributed by atoms with Gasteiger partial charge in [0.1, 0.15) is 5.82 Å². The zero-order chi connectivity index (χ0) is 13.1. The average molecular weight is 310 g/mol. The summed E-state index contributed by atoms with van der Waals surface area (Å²) < 4.78 is 13.4. The summed E-state index contributed by atoms with van der Waals surface area (Å²) in [6.45, 7) is 0. The second-order valence-electron chi connectivity index (χ2n) is 3.64. The third-order valence-electron chi connectivity index (χ3n) is 2.34. The fourth-order valence-electron chi connectivity index (χ4n) is 1.44. The Labute approximate surface area is 111 Å². The van der Waals surface area contributed by atoms with E-state index < -0.39 is 5.97 Å². The van der Waals surface area contributed by atoms with Crippen LogP contribution in [-0.2, 0) is 0 Å². The van der Waals surface area contributed by atoms with Gasteiger partial charge in [-0.1, -0.05) is 0 Å². The highest BCUT2D eigenvalue weighted by molar-refractivity contribution is 9.10. The van der Waals surface area contributed by atoms with E-state index >= 15 is 0 Å². The molecule has 0 unspecified atom stereocenters. The van der Waals surface area contributed by atoms with Crippen molar-refractivity contribution in [3.63, 3.8) is 0 Å². The number of halogens is 2. The molecular weight excluding hydrogens is 301 g/mol. The number of carboxylic acid groups (broad SMARTS) is 1. The minimum absolute atomic E-state index is 0.223. The van der Waals surface area contributed by atoms with Gasteiger partial charge in [0.15, 0.2) is 0 Å². The Hall–Kier alpha value is -1.88. The Morgan fingerprint density at radius 1 is 1.11 bits per heavy atom. The zero-order valence-electron chi connectivity index (χ0n) is 9.15. The molecular formula is C13H9BrFNO2. The number of anilines is 2. The van der Waals surface area contributed by atoms with Gasteiger partial charge in [-0.05, 0) is 58.4 Å². The van der Waals surface area contributed by atoms with Crippen molar-refractivity contribution in [2.24, 2.45) is 0 Å². The molecule has 2 rings (SSSR count). The topological polar surface area (TPSA) is 49.3 Å². The summed E-state index contributed by atoms with van der Waals surface area (Å²) in [4.78, 5) is 10.7. The number of benzene rings is 2. The summed E-state index contributed by atoms with van der Waals surface area (Å²) in [6.07, 6.45) is 0. The van der Waals surface area contributed by atoms with Crippen LogP contribution in [-0.4, -0.2) is 11.1 Å². The van der Waals surface area contributed by atoms with Gasteiger partial charge in [0.05, 0.1) is 10.0 Å². The molecule has 2 N–H and O–H groups in total. The van der Waals surface area contributed by atoms with Crippen molar-refractivity contribution in [1.82, 2.24) is 0 Å². The largest absolute Gasteiger partial charge is 0.478 e. The highest BCUT2D eigenvalue weighted by Gasteiger charge is 2.03. The third-order valence-corrected chi connectivity index (χ3v) is 2.95. The Bertz CT molecular complexity index is 584. The summed E-state index contributed by atoms with van der Waals surface area (Å²) in [5, 5.41) is 11.8. The minimum Gasteiger partial charge on any atom is -0.478 e. The highest BCUT2D eigenvalue weighted by Crippen LogP contribution is 2.23. The lowest BCUT2D eigenvalue weighted by atomic mass is 10.2. The molecule has 0 amide bonds. The van der Waals surface area contributed by atoms with Crippen LogP contribution in [0.5, 0.6) is 0 Å². The van der Waals surface area contributed by atoms with E-state index in [9.17, 15) is 9.18 Å². The summed E-state index contributed by atoms with van der Waals surface area (Å²) in [5.74, 6) is -1.30. The SMILES string of the molecule is O=C(O)c1ccc(Nc2ccc(F)c(Br)c2)cc1. The van der Waals surface area contributed by atoms with Crippen molar-refractivity contribution in [3.8, 4) is 0 Å². The Balaban J connectivity index is 2.18. The lowest BCUT2D eigenvalue weighted by Gasteiger charge is -2.07. The molecule has 0 spiro atoms. The number of carbonyl (C=O) groups is 1.